The van der Waals surface area contributed by atoms with Gasteiger partial charge in [0.2, 0.25) is 0 Å². The first-order valence-corrected chi connectivity index (χ1v) is 12.7. The molecule has 1 amide bonds. The summed E-state index contributed by atoms with van der Waals surface area (Å²) in [6.45, 7) is 0.0469. The van der Waals surface area contributed by atoms with Crippen molar-refractivity contribution in [3.63, 3.8) is 0 Å². The zero-order valence-corrected chi connectivity index (χ0v) is 22.6. The Hall–Kier alpha value is -3.39. The summed E-state index contributed by atoms with van der Waals surface area (Å²) < 4.78 is 50.2. The lowest BCUT2D eigenvalue weighted by molar-refractivity contribution is -0.137. The van der Waals surface area contributed by atoms with Crippen LogP contribution in [0.5, 0.6) is 11.5 Å². The molecule has 1 atom stereocenters. The number of ether oxygens (including phenoxy) is 2. The third-order valence-electron chi connectivity index (χ3n) is 5.82. The second-order valence-electron chi connectivity index (χ2n) is 8.46. The van der Waals surface area contributed by atoms with Crippen molar-refractivity contribution >= 4 is 40.7 Å². The van der Waals surface area contributed by atoms with Gasteiger partial charge < -0.3 is 14.8 Å². The van der Waals surface area contributed by atoms with Gasteiger partial charge >= 0.3 is 6.18 Å². The third kappa shape index (κ3) is 7.18. The van der Waals surface area contributed by atoms with Crippen LogP contribution in [0.1, 0.15) is 38.7 Å². The van der Waals surface area contributed by atoms with Crippen LogP contribution in [-0.2, 0) is 12.7 Å². The normalized spacial score (nSPS) is 12.1. The highest BCUT2D eigenvalue weighted by molar-refractivity contribution is 6.35. The molecule has 1 N–H and O–H groups in total. The maximum absolute atomic E-state index is 12.8. The molecule has 0 spiro atoms. The van der Waals surface area contributed by atoms with E-state index in [1.807, 2.05) is 12.1 Å². The predicted molar refractivity (Wildman–Crippen MR) is 146 cm³/mol. The van der Waals surface area contributed by atoms with E-state index in [2.05, 4.69) is 5.32 Å². The molecule has 202 valence electrons. The Morgan fingerprint density at radius 2 is 1.51 bits per heavy atom. The highest BCUT2D eigenvalue weighted by atomic mass is 35.5. The average molecular weight is 595 g/mol. The van der Waals surface area contributed by atoms with Gasteiger partial charge in [-0.3, -0.25) is 4.79 Å². The van der Waals surface area contributed by atoms with Crippen molar-refractivity contribution in [3.8, 4) is 11.5 Å². The van der Waals surface area contributed by atoms with Crippen molar-refractivity contribution in [2.45, 2.75) is 18.8 Å². The van der Waals surface area contributed by atoms with Gasteiger partial charge in [-0.25, -0.2) is 0 Å². The number of carbonyl (C=O) groups is 1. The molecule has 0 radical (unpaired) electrons. The van der Waals surface area contributed by atoms with Gasteiger partial charge in [0, 0.05) is 32.7 Å². The molecule has 4 aromatic carbocycles. The van der Waals surface area contributed by atoms with Gasteiger partial charge in [-0.2, -0.15) is 13.2 Å². The number of nitrogens with one attached hydrogen (secondary N) is 1. The summed E-state index contributed by atoms with van der Waals surface area (Å²) in [5.74, 6) is 0.207. The Bertz CT molecular complexity index is 1460. The first kappa shape index (κ1) is 28.6. The molecule has 10 heteroatoms. The van der Waals surface area contributed by atoms with Gasteiger partial charge in [0.05, 0.1) is 12.7 Å². The monoisotopic (exact) mass is 593 g/mol. The standard InChI is InChI=1S/C29H21Cl3F3NO3/c1-38-26-14-19(28(37)36-16-17-2-7-20(8-3-17)29(33,34)35)6-13-25(26)39-27(18-4-9-21(30)10-5-18)23-12-11-22(31)15-24(23)32/h2-15,27H,16H2,1H3,(H,36,37). The number of benzene rings is 4. The van der Waals surface area contributed by atoms with Gasteiger partial charge in [0.15, 0.2) is 17.6 Å². The third-order valence-corrected chi connectivity index (χ3v) is 6.64. The fourth-order valence-corrected chi connectivity index (χ4v) is 4.43. The molecule has 0 aliphatic rings. The SMILES string of the molecule is COc1cc(C(=O)NCc2ccc(C(F)(F)F)cc2)ccc1OC(c1ccc(Cl)cc1)c1ccc(Cl)cc1Cl. The summed E-state index contributed by atoms with van der Waals surface area (Å²) in [4.78, 5) is 12.8. The van der Waals surface area contributed by atoms with Crippen LogP contribution < -0.4 is 14.8 Å². The number of amides is 1. The minimum atomic E-state index is -4.42. The molecular formula is C29H21Cl3F3NO3. The van der Waals surface area contributed by atoms with E-state index in [0.717, 1.165) is 17.7 Å². The Balaban J connectivity index is 1.55. The lowest BCUT2D eigenvalue weighted by atomic mass is 10.0. The summed E-state index contributed by atoms with van der Waals surface area (Å²) >= 11 is 18.7. The van der Waals surface area contributed by atoms with Crippen LogP contribution >= 0.6 is 34.8 Å². The molecule has 0 aliphatic carbocycles. The molecule has 0 aliphatic heterocycles. The van der Waals surface area contributed by atoms with Crippen molar-refractivity contribution in [2.24, 2.45) is 0 Å². The van der Waals surface area contributed by atoms with Crippen molar-refractivity contribution in [3.05, 3.63) is 128 Å². The topological polar surface area (TPSA) is 47.6 Å². The largest absolute Gasteiger partial charge is 0.493 e. The maximum atomic E-state index is 12.8. The molecule has 0 saturated heterocycles. The number of rotatable bonds is 8. The van der Waals surface area contributed by atoms with Crippen molar-refractivity contribution < 1.29 is 27.4 Å². The van der Waals surface area contributed by atoms with E-state index in [0.29, 0.717) is 37.7 Å². The lowest BCUT2D eigenvalue weighted by Crippen LogP contribution is -2.23. The molecule has 39 heavy (non-hydrogen) atoms. The van der Waals surface area contributed by atoms with Crippen LogP contribution in [-0.4, -0.2) is 13.0 Å². The average Bonchev–Trinajstić information content (AvgIpc) is 2.91. The van der Waals surface area contributed by atoms with Crippen molar-refractivity contribution in [1.82, 2.24) is 5.32 Å². The molecule has 0 aromatic heterocycles. The highest BCUT2D eigenvalue weighted by Crippen LogP contribution is 2.38. The molecular weight excluding hydrogens is 574 g/mol. The predicted octanol–water partition coefficient (Wildman–Crippen LogP) is 8.77. The van der Waals surface area contributed by atoms with E-state index in [1.165, 1.54) is 25.3 Å². The fraction of sp³-hybridized carbons (Fsp3) is 0.138. The second kappa shape index (κ2) is 12.2. The molecule has 0 fully saturated rings. The Morgan fingerprint density at radius 3 is 2.13 bits per heavy atom. The molecule has 4 rings (SSSR count). The van der Waals surface area contributed by atoms with Crippen LogP contribution in [0.2, 0.25) is 15.1 Å². The smallest absolute Gasteiger partial charge is 0.416 e. The molecule has 4 aromatic rings. The van der Waals surface area contributed by atoms with E-state index in [9.17, 15) is 18.0 Å². The summed E-state index contributed by atoms with van der Waals surface area (Å²) in [6, 6.07) is 21.4. The van der Waals surface area contributed by atoms with Gasteiger partial charge in [0.1, 0.15) is 0 Å². The minimum absolute atomic E-state index is 0.0469. The molecule has 1 unspecified atom stereocenters. The number of carbonyl (C=O) groups excluding carboxylic acids is 1. The zero-order chi connectivity index (χ0) is 28.2. The van der Waals surface area contributed by atoms with E-state index < -0.39 is 23.8 Å². The number of methoxy groups -OCH3 is 1. The van der Waals surface area contributed by atoms with E-state index >= 15 is 0 Å². The number of halogens is 6. The van der Waals surface area contributed by atoms with Gasteiger partial charge in [-0.1, -0.05) is 65.1 Å². The first-order chi connectivity index (χ1) is 18.5. The fourth-order valence-electron chi connectivity index (χ4n) is 3.79. The summed E-state index contributed by atoms with van der Waals surface area (Å²) in [7, 11) is 1.44. The van der Waals surface area contributed by atoms with Gasteiger partial charge in [0.25, 0.3) is 5.91 Å². The highest BCUT2D eigenvalue weighted by Gasteiger charge is 2.30. The molecule has 4 nitrogen and oxygen atoms in total. The molecule has 0 heterocycles. The van der Waals surface area contributed by atoms with Crippen molar-refractivity contribution in [2.75, 3.05) is 7.11 Å². The van der Waals surface area contributed by atoms with Gasteiger partial charge in [-0.15, -0.1) is 0 Å². The van der Waals surface area contributed by atoms with Crippen LogP contribution in [0.15, 0.2) is 84.9 Å². The summed E-state index contributed by atoms with van der Waals surface area (Å²) in [6.07, 6.45) is -5.08. The van der Waals surface area contributed by atoms with E-state index in [-0.39, 0.29) is 12.1 Å². The summed E-state index contributed by atoms with van der Waals surface area (Å²) in [5.41, 5.74) is 1.47. The maximum Gasteiger partial charge on any atom is 0.416 e. The van der Waals surface area contributed by atoms with E-state index in [1.54, 1.807) is 42.5 Å². The van der Waals surface area contributed by atoms with Gasteiger partial charge in [-0.05, 0) is 65.7 Å². The minimum Gasteiger partial charge on any atom is -0.493 e. The first-order valence-electron chi connectivity index (χ1n) is 11.5. The molecule has 0 saturated carbocycles. The number of hydrogen-bond acceptors (Lipinski definition) is 3. The summed E-state index contributed by atoms with van der Waals surface area (Å²) in [5, 5.41) is 4.13. The van der Waals surface area contributed by atoms with Crippen molar-refractivity contribution in [1.29, 1.82) is 0 Å². The molecule has 0 bridgehead atoms. The lowest BCUT2D eigenvalue weighted by Gasteiger charge is -2.23. The zero-order valence-electron chi connectivity index (χ0n) is 20.4. The van der Waals surface area contributed by atoms with Crippen LogP contribution in [0, 0.1) is 0 Å². The Morgan fingerprint density at radius 1 is 0.846 bits per heavy atom. The number of alkyl halides is 3. The van der Waals surface area contributed by atoms with Crippen LogP contribution in [0.25, 0.3) is 0 Å². The number of hydrogen-bond donors (Lipinski definition) is 1. The van der Waals surface area contributed by atoms with Crippen LogP contribution in [0.3, 0.4) is 0 Å². The van der Waals surface area contributed by atoms with Crippen LogP contribution in [0.4, 0.5) is 13.2 Å². The Kier molecular flexibility index (Phi) is 8.95. The quantitative estimate of drug-likeness (QED) is 0.222. The van der Waals surface area contributed by atoms with E-state index in [4.69, 9.17) is 44.3 Å². The Labute approximate surface area is 238 Å². The second-order valence-corrected chi connectivity index (χ2v) is 9.74.